The lowest BCUT2D eigenvalue weighted by Gasteiger charge is -2.32. The highest BCUT2D eigenvalue weighted by molar-refractivity contribution is 7.91. The lowest BCUT2D eigenvalue weighted by Crippen LogP contribution is -2.35. The molecule has 1 aromatic carbocycles. The second kappa shape index (κ2) is 6.59. The van der Waals surface area contributed by atoms with Gasteiger partial charge >= 0.3 is 0 Å². The molecule has 1 rings (SSSR count). The SMILES string of the molecule is CCS(=O)(=O)c1ccc(NC(CCN)C(C)(C)C)cc1. The minimum absolute atomic E-state index is 0.0908. The summed E-state index contributed by atoms with van der Waals surface area (Å²) >= 11 is 0. The Morgan fingerprint density at radius 2 is 1.75 bits per heavy atom. The van der Waals surface area contributed by atoms with Crippen LogP contribution in [0.5, 0.6) is 0 Å². The van der Waals surface area contributed by atoms with E-state index in [2.05, 4.69) is 26.1 Å². The maximum absolute atomic E-state index is 11.8. The lowest BCUT2D eigenvalue weighted by molar-refractivity contribution is 0.329. The van der Waals surface area contributed by atoms with Gasteiger partial charge in [0.05, 0.1) is 10.6 Å². The average Bonchev–Trinajstić information content (AvgIpc) is 2.38. The van der Waals surface area contributed by atoms with E-state index in [9.17, 15) is 8.42 Å². The zero-order valence-electron chi connectivity index (χ0n) is 12.8. The quantitative estimate of drug-likeness (QED) is 0.847. The van der Waals surface area contributed by atoms with Crippen molar-refractivity contribution in [1.82, 2.24) is 0 Å². The van der Waals surface area contributed by atoms with Crippen molar-refractivity contribution in [2.24, 2.45) is 11.1 Å². The Kier molecular flexibility index (Phi) is 5.59. The molecular formula is C15H26N2O2S. The number of hydrogen-bond acceptors (Lipinski definition) is 4. The van der Waals surface area contributed by atoms with Crippen LogP contribution in [0, 0.1) is 5.41 Å². The number of nitrogens with two attached hydrogens (primary N) is 1. The van der Waals surface area contributed by atoms with E-state index in [1.165, 1.54) is 0 Å². The topological polar surface area (TPSA) is 72.2 Å². The monoisotopic (exact) mass is 298 g/mol. The predicted molar refractivity (Wildman–Crippen MR) is 84.7 cm³/mol. The number of nitrogens with one attached hydrogen (secondary N) is 1. The van der Waals surface area contributed by atoms with Gasteiger partial charge in [-0.2, -0.15) is 0 Å². The predicted octanol–water partition coefficient (Wildman–Crippen LogP) is 2.66. The van der Waals surface area contributed by atoms with Crippen molar-refractivity contribution in [1.29, 1.82) is 0 Å². The first-order valence-corrected chi connectivity index (χ1v) is 8.65. The molecule has 0 heterocycles. The molecule has 0 aliphatic heterocycles. The first kappa shape index (κ1) is 17.0. The van der Waals surface area contributed by atoms with Gasteiger partial charge in [0.1, 0.15) is 0 Å². The molecule has 20 heavy (non-hydrogen) atoms. The van der Waals surface area contributed by atoms with Crippen LogP contribution in [0.2, 0.25) is 0 Å². The lowest BCUT2D eigenvalue weighted by atomic mass is 9.84. The second-order valence-electron chi connectivity index (χ2n) is 6.07. The van der Waals surface area contributed by atoms with Gasteiger partial charge in [0.25, 0.3) is 0 Å². The van der Waals surface area contributed by atoms with Crippen molar-refractivity contribution in [3.8, 4) is 0 Å². The molecule has 0 saturated carbocycles. The van der Waals surface area contributed by atoms with Crippen LogP contribution in [0.25, 0.3) is 0 Å². The standard InChI is InChI=1S/C15H26N2O2S/c1-5-20(18,19)13-8-6-12(7-9-13)17-14(10-11-16)15(2,3)4/h6-9,14,17H,5,10-11,16H2,1-4H3. The van der Waals surface area contributed by atoms with Crippen LogP contribution < -0.4 is 11.1 Å². The minimum atomic E-state index is -3.13. The molecule has 0 aliphatic rings. The average molecular weight is 298 g/mol. The van der Waals surface area contributed by atoms with Crippen molar-refractivity contribution < 1.29 is 8.42 Å². The van der Waals surface area contributed by atoms with Crippen LogP contribution in [0.4, 0.5) is 5.69 Å². The first-order valence-electron chi connectivity index (χ1n) is 7.00. The van der Waals surface area contributed by atoms with E-state index < -0.39 is 9.84 Å². The largest absolute Gasteiger partial charge is 0.382 e. The molecule has 114 valence electrons. The number of sulfone groups is 1. The highest BCUT2D eigenvalue weighted by Gasteiger charge is 2.23. The molecule has 1 atom stereocenters. The number of hydrogen-bond donors (Lipinski definition) is 2. The molecule has 0 fully saturated rings. The maximum Gasteiger partial charge on any atom is 0.178 e. The van der Waals surface area contributed by atoms with Gasteiger partial charge in [-0.25, -0.2) is 8.42 Å². The summed E-state index contributed by atoms with van der Waals surface area (Å²) in [5.41, 5.74) is 6.67. The van der Waals surface area contributed by atoms with Crippen molar-refractivity contribution in [2.75, 3.05) is 17.6 Å². The Balaban J connectivity index is 2.89. The fourth-order valence-electron chi connectivity index (χ4n) is 2.01. The van der Waals surface area contributed by atoms with E-state index in [1.54, 1.807) is 19.1 Å². The van der Waals surface area contributed by atoms with E-state index >= 15 is 0 Å². The molecule has 0 amide bonds. The summed E-state index contributed by atoms with van der Waals surface area (Å²) in [4.78, 5) is 0.372. The molecular weight excluding hydrogens is 272 g/mol. The van der Waals surface area contributed by atoms with Gasteiger partial charge in [0.2, 0.25) is 0 Å². The van der Waals surface area contributed by atoms with Crippen LogP contribution in [0.3, 0.4) is 0 Å². The van der Waals surface area contributed by atoms with E-state index in [4.69, 9.17) is 5.73 Å². The summed E-state index contributed by atoms with van der Waals surface area (Å²) in [6, 6.07) is 7.20. The zero-order valence-corrected chi connectivity index (χ0v) is 13.6. The van der Waals surface area contributed by atoms with Gasteiger partial charge in [0, 0.05) is 11.7 Å². The summed E-state index contributed by atoms with van der Waals surface area (Å²) < 4.78 is 23.5. The third-order valence-corrected chi connectivity index (χ3v) is 5.19. The van der Waals surface area contributed by atoms with Crippen molar-refractivity contribution in [3.05, 3.63) is 24.3 Å². The highest BCUT2D eigenvalue weighted by Crippen LogP contribution is 2.26. The summed E-state index contributed by atoms with van der Waals surface area (Å²) in [6.07, 6.45) is 0.874. The van der Waals surface area contributed by atoms with Crippen LogP contribution in [0.1, 0.15) is 34.1 Å². The third kappa shape index (κ3) is 4.49. The Morgan fingerprint density at radius 3 is 2.15 bits per heavy atom. The molecule has 1 unspecified atom stereocenters. The summed E-state index contributed by atoms with van der Waals surface area (Å²) in [5.74, 6) is 0.123. The van der Waals surface area contributed by atoms with Gasteiger partial charge in [0.15, 0.2) is 9.84 Å². The highest BCUT2D eigenvalue weighted by atomic mass is 32.2. The van der Waals surface area contributed by atoms with Gasteiger partial charge in [-0.1, -0.05) is 27.7 Å². The van der Waals surface area contributed by atoms with E-state index in [0.29, 0.717) is 11.4 Å². The van der Waals surface area contributed by atoms with Crippen molar-refractivity contribution >= 4 is 15.5 Å². The third-order valence-electron chi connectivity index (χ3n) is 3.44. The fourth-order valence-corrected chi connectivity index (χ4v) is 2.90. The van der Waals surface area contributed by atoms with E-state index in [-0.39, 0.29) is 17.2 Å². The van der Waals surface area contributed by atoms with Crippen molar-refractivity contribution in [3.63, 3.8) is 0 Å². The van der Waals surface area contributed by atoms with Crippen molar-refractivity contribution in [2.45, 2.75) is 45.1 Å². The summed E-state index contributed by atoms with van der Waals surface area (Å²) in [6.45, 7) is 8.76. The Morgan fingerprint density at radius 1 is 1.20 bits per heavy atom. The Hall–Kier alpha value is -1.07. The molecule has 0 aliphatic carbocycles. The van der Waals surface area contributed by atoms with Crippen LogP contribution in [-0.2, 0) is 9.84 Å². The summed E-state index contributed by atoms with van der Waals surface area (Å²) in [7, 11) is -3.13. The normalized spacial score (nSPS) is 14.1. The molecule has 0 radical (unpaired) electrons. The molecule has 0 saturated heterocycles. The Bertz CT molecular complexity index is 516. The summed E-state index contributed by atoms with van der Waals surface area (Å²) in [5, 5.41) is 3.44. The number of benzene rings is 1. The van der Waals surface area contributed by atoms with Gasteiger partial charge in [-0.15, -0.1) is 0 Å². The van der Waals surface area contributed by atoms with Gasteiger partial charge in [-0.3, -0.25) is 0 Å². The molecule has 5 heteroatoms. The first-order chi connectivity index (χ1) is 9.20. The Labute approximate surface area is 122 Å². The molecule has 1 aromatic rings. The second-order valence-corrected chi connectivity index (χ2v) is 8.35. The zero-order chi connectivity index (χ0) is 15.4. The van der Waals surface area contributed by atoms with Crippen LogP contribution >= 0.6 is 0 Å². The van der Waals surface area contributed by atoms with Gasteiger partial charge < -0.3 is 11.1 Å². The number of anilines is 1. The molecule has 3 N–H and O–H groups in total. The minimum Gasteiger partial charge on any atom is -0.382 e. The van der Waals surface area contributed by atoms with Crippen LogP contribution in [-0.4, -0.2) is 26.8 Å². The number of rotatable bonds is 6. The molecule has 0 aromatic heterocycles. The van der Waals surface area contributed by atoms with Gasteiger partial charge in [-0.05, 0) is 42.6 Å². The molecule has 4 nitrogen and oxygen atoms in total. The smallest absolute Gasteiger partial charge is 0.178 e. The van der Waals surface area contributed by atoms with Crippen LogP contribution in [0.15, 0.2) is 29.2 Å². The molecule has 0 bridgehead atoms. The maximum atomic E-state index is 11.8. The fraction of sp³-hybridized carbons (Fsp3) is 0.600. The molecule has 0 spiro atoms. The van der Waals surface area contributed by atoms with E-state index in [1.807, 2.05) is 12.1 Å². The van der Waals surface area contributed by atoms with E-state index in [0.717, 1.165) is 12.1 Å².